The molecule has 2 aliphatic heterocycles. The van der Waals surface area contributed by atoms with Gasteiger partial charge in [0, 0.05) is 5.70 Å². The van der Waals surface area contributed by atoms with E-state index in [2.05, 4.69) is 23.1 Å². The lowest BCUT2D eigenvalue weighted by atomic mass is 10.2. The van der Waals surface area contributed by atoms with Crippen molar-refractivity contribution in [1.82, 2.24) is 4.90 Å². The van der Waals surface area contributed by atoms with Gasteiger partial charge in [0.05, 0.1) is 6.61 Å². The highest BCUT2D eigenvalue weighted by Gasteiger charge is 2.61. The quantitative estimate of drug-likeness (QED) is 0.432. The van der Waals surface area contributed by atoms with Gasteiger partial charge in [0.15, 0.2) is 0 Å². The van der Waals surface area contributed by atoms with Crippen LogP contribution in [0.1, 0.15) is 0 Å². The molecular formula is C7H7NO. The number of fused-ring (bicyclic) bond motifs is 1. The van der Waals surface area contributed by atoms with Crippen molar-refractivity contribution in [3.8, 4) is 0 Å². The lowest BCUT2D eigenvalue weighted by molar-refractivity contribution is 0.154. The number of hydrogen-bond donors (Lipinski definition) is 0. The van der Waals surface area contributed by atoms with E-state index in [9.17, 15) is 0 Å². The summed E-state index contributed by atoms with van der Waals surface area (Å²) in [6.07, 6.45) is 6.50. The highest BCUT2D eigenvalue weighted by molar-refractivity contribution is 5.53. The number of allylic oxidation sites excluding steroid dienone is 2. The van der Waals surface area contributed by atoms with Crippen LogP contribution < -0.4 is 0 Å². The molecule has 3 rings (SSSR count). The van der Waals surface area contributed by atoms with Crippen LogP contribution in [-0.2, 0) is 4.74 Å². The summed E-state index contributed by atoms with van der Waals surface area (Å²) in [6.45, 7) is 1.67. The van der Waals surface area contributed by atoms with Crippen LogP contribution in [0.2, 0.25) is 0 Å². The van der Waals surface area contributed by atoms with Crippen molar-refractivity contribution in [1.29, 1.82) is 0 Å². The molecule has 0 aromatic carbocycles. The van der Waals surface area contributed by atoms with Crippen LogP contribution in [-0.4, -0.2) is 23.8 Å². The van der Waals surface area contributed by atoms with Gasteiger partial charge >= 0.3 is 0 Å². The van der Waals surface area contributed by atoms with E-state index in [0.717, 1.165) is 13.3 Å². The Hall–Kier alpha value is -0.760. The number of rotatable bonds is 0. The maximum atomic E-state index is 5.24. The minimum Gasteiger partial charge on any atom is -0.358 e. The second kappa shape index (κ2) is 0.948. The molecular weight excluding hydrogens is 114 g/mol. The maximum Gasteiger partial charge on any atom is 0.124 e. The van der Waals surface area contributed by atoms with E-state index in [0.29, 0.717) is 0 Å². The molecule has 1 aliphatic carbocycles. The van der Waals surface area contributed by atoms with Crippen molar-refractivity contribution < 1.29 is 4.74 Å². The molecule has 2 nitrogen and oxygen atoms in total. The fourth-order valence-corrected chi connectivity index (χ4v) is 1.75. The molecule has 0 saturated carbocycles. The third-order valence-electron chi connectivity index (χ3n) is 2.33. The molecule has 0 aromatic heterocycles. The molecule has 2 heteroatoms. The Bertz CT molecular complexity index is 231. The van der Waals surface area contributed by atoms with Crippen LogP contribution in [0, 0.1) is 0 Å². The molecule has 1 atom stereocenters. The van der Waals surface area contributed by atoms with E-state index in [1.165, 1.54) is 5.70 Å². The van der Waals surface area contributed by atoms with Crippen LogP contribution in [0.25, 0.3) is 0 Å². The van der Waals surface area contributed by atoms with Crippen molar-refractivity contribution >= 4 is 0 Å². The van der Waals surface area contributed by atoms with Gasteiger partial charge in [0.25, 0.3) is 0 Å². The topological polar surface area (TPSA) is 12.2 Å². The van der Waals surface area contributed by atoms with Crippen molar-refractivity contribution in [2.24, 2.45) is 0 Å². The van der Waals surface area contributed by atoms with Gasteiger partial charge in [0.1, 0.15) is 12.3 Å². The lowest BCUT2D eigenvalue weighted by Crippen LogP contribution is -2.10. The first-order valence-corrected chi connectivity index (χ1v) is 3.19. The first-order chi connectivity index (χ1) is 4.43. The smallest absolute Gasteiger partial charge is 0.124 e. The zero-order valence-electron chi connectivity index (χ0n) is 5.00. The molecule has 1 spiro atoms. The Balaban J connectivity index is 2.15. The molecule has 9 heavy (non-hydrogen) atoms. The average molecular weight is 121 g/mol. The van der Waals surface area contributed by atoms with E-state index < -0.39 is 0 Å². The normalized spacial score (nSPS) is 42.7. The second-order valence-electron chi connectivity index (χ2n) is 2.74. The summed E-state index contributed by atoms with van der Waals surface area (Å²) >= 11 is 0. The molecule has 0 aromatic rings. The van der Waals surface area contributed by atoms with Crippen molar-refractivity contribution in [3.63, 3.8) is 0 Å². The van der Waals surface area contributed by atoms with Gasteiger partial charge in [-0.05, 0) is 6.08 Å². The first-order valence-electron chi connectivity index (χ1n) is 3.19. The van der Waals surface area contributed by atoms with Crippen LogP contribution in [0.4, 0.5) is 0 Å². The third-order valence-corrected chi connectivity index (χ3v) is 2.33. The molecule has 0 bridgehead atoms. The number of nitrogens with zero attached hydrogens (tertiary/aromatic N) is 1. The summed E-state index contributed by atoms with van der Waals surface area (Å²) in [4.78, 5) is 2.28. The molecule has 2 saturated heterocycles. The fraction of sp³-hybridized carbons (Fsp3) is 0.429. The largest absolute Gasteiger partial charge is 0.358 e. The van der Waals surface area contributed by atoms with Gasteiger partial charge < -0.3 is 9.64 Å². The van der Waals surface area contributed by atoms with Gasteiger partial charge in [-0.15, -0.1) is 0 Å². The van der Waals surface area contributed by atoms with Gasteiger partial charge in [-0.3, -0.25) is 0 Å². The molecule has 3 aliphatic rings. The van der Waals surface area contributed by atoms with E-state index >= 15 is 0 Å². The third kappa shape index (κ3) is 0.268. The molecule has 2 fully saturated rings. The second-order valence-corrected chi connectivity index (χ2v) is 2.74. The molecule has 46 valence electrons. The molecule has 2 heterocycles. The van der Waals surface area contributed by atoms with E-state index in [1.54, 1.807) is 0 Å². The number of ether oxygens (including phenoxy) is 1. The van der Waals surface area contributed by atoms with Gasteiger partial charge in [-0.2, -0.15) is 0 Å². The average Bonchev–Trinajstić information content (AvgIpc) is 2.40. The van der Waals surface area contributed by atoms with Crippen LogP contribution in [0.15, 0.2) is 23.9 Å². The fourth-order valence-electron chi connectivity index (χ4n) is 1.75. The highest BCUT2D eigenvalue weighted by Crippen LogP contribution is 2.52. The van der Waals surface area contributed by atoms with E-state index in [-0.39, 0.29) is 5.54 Å². The van der Waals surface area contributed by atoms with Crippen molar-refractivity contribution in [2.75, 3.05) is 13.3 Å². The zero-order valence-corrected chi connectivity index (χ0v) is 5.00. The Labute approximate surface area is 53.4 Å². The zero-order chi connectivity index (χ0) is 5.90. The summed E-state index contributed by atoms with van der Waals surface area (Å²) in [5.74, 6) is 0. The monoisotopic (exact) mass is 121 g/mol. The van der Waals surface area contributed by atoms with Gasteiger partial charge in [-0.1, -0.05) is 12.2 Å². The van der Waals surface area contributed by atoms with Crippen molar-refractivity contribution in [2.45, 2.75) is 5.54 Å². The highest BCUT2D eigenvalue weighted by atomic mass is 16.5. The summed E-state index contributed by atoms with van der Waals surface area (Å²) in [5.41, 5.74) is 1.72. The Morgan fingerprint density at radius 3 is 3.44 bits per heavy atom. The van der Waals surface area contributed by atoms with E-state index in [4.69, 9.17) is 4.74 Å². The molecule has 0 radical (unpaired) electrons. The van der Waals surface area contributed by atoms with Crippen LogP contribution in [0.3, 0.4) is 0 Å². The van der Waals surface area contributed by atoms with Gasteiger partial charge in [0.2, 0.25) is 0 Å². The summed E-state index contributed by atoms with van der Waals surface area (Å²) < 4.78 is 5.24. The summed E-state index contributed by atoms with van der Waals surface area (Å²) in [6, 6.07) is 0. The Kier molecular flexibility index (Phi) is 0.434. The lowest BCUT2D eigenvalue weighted by Gasteiger charge is -1.94. The predicted octanol–water partition coefficient (Wildman–Crippen LogP) is 0.482. The van der Waals surface area contributed by atoms with Gasteiger partial charge in [-0.25, -0.2) is 0 Å². The van der Waals surface area contributed by atoms with Crippen LogP contribution >= 0.6 is 0 Å². The first kappa shape index (κ1) is 4.12. The predicted molar refractivity (Wildman–Crippen MR) is 32.6 cm³/mol. The maximum absolute atomic E-state index is 5.24. The SMILES string of the molecule is C1=C[C@@]23COCN2C3=C1. The number of hydrogen-bond acceptors (Lipinski definition) is 2. The molecule has 0 unspecified atom stereocenters. The summed E-state index contributed by atoms with van der Waals surface area (Å²) in [7, 11) is 0. The molecule has 0 amide bonds. The molecule has 0 N–H and O–H groups in total. The van der Waals surface area contributed by atoms with E-state index in [1.807, 2.05) is 0 Å². The Morgan fingerprint density at radius 1 is 1.67 bits per heavy atom. The standard InChI is InChI=1S/C7H7NO/c1-2-6-7(3-1)4-9-5-8(6)7/h1-3H,4-5H2/t7-,8?/m0/s1. The van der Waals surface area contributed by atoms with Crippen molar-refractivity contribution in [3.05, 3.63) is 23.9 Å². The minimum absolute atomic E-state index is 0.264. The van der Waals surface area contributed by atoms with Crippen LogP contribution in [0.5, 0.6) is 0 Å². The summed E-state index contributed by atoms with van der Waals surface area (Å²) in [5, 5.41) is 0. The Morgan fingerprint density at radius 2 is 2.67 bits per heavy atom. The minimum atomic E-state index is 0.264.